The molecule has 7 nitrogen and oxygen atoms in total. The largest absolute Gasteiger partial charge is 0.369 e. The maximum atomic E-state index is 13.4. The number of anilines is 1. The molecule has 0 radical (unpaired) electrons. The lowest BCUT2D eigenvalue weighted by atomic mass is 9.96. The minimum atomic E-state index is -4.06. The molecule has 0 saturated carbocycles. The van der Waals surface area contributed by atoms with Crippen molar-refractivity contribution in [3.05, 3.63) is 71.8 Å². The van der Waals surface area contributed by atoms with Crippen LogP contribution in [-0.2, 0) is 14.8 Å². The molecule has 0 atom stereocenters. The summed E-state index contributed by atoms with van der Waals surface area (Å²) < 4.78 is 28.0. The molecule has 31 heavy (non-hydrogen) atoms. The molecule has 1 heterocycles. The van der Waals surface area contributed by atoms with E-state index in [4.69, 9.17) is 17.3 Å². The standard InChI is InChI=1S/C22H24ClN3O4S/c1-2-12-26(18-6-4-3-5-7-18)31(29,30)20-15-17(8-9-19(20)23)22(28)25-13-10-16(11-14-25)21(24)27/h2-9,15-16H,1,10-14H2,(H2,24,27). The molecular weight excluding hydrogens is 438 g/mol. The van der Waals surface area contributed by atoms with E-state index >= 15 is 0 Å². The van der Waals surface area contributed by atoms with Crippen LogP contribution in [0.25, 0.3) is 0 Å². The van der Waals surface area contributed by atoms with Crippen LogP contribution in [0.4, 0.5) is 5.69 Å². The first kappa shape index (κ1) is 22.8. The van der Waals surface area contributed by atoms with Gasteiger partial charge in [0.25, 0.3) is 15.9 Å². The first-order valence-corrected chi connectivity index (χ1v) is 11.6. The number of para-hydroxylation sites is 1. The third kappa shape index (κ3) is 4.91. The number of nitrogens with two attached hydrogens (primary N) is 1. The van der Waals surface area contributed by atoms with Gasteiger partial charge in [0.05, 0.1) is 17.3 Å². The lowest BCUT2D eigenvalue weighted by Gasteiger charge is -2.31. The summed E-state index contributed by atoms with van der Waals surface area (Å²) >= 11 is 6.25. The average Bonchev–Trinajstić information content (AvgIpc) is 2.77. The van der Waals surface area contributed by atoms with Crippen molar-refractivity contribution in [1.82, 2.24) is 4.90 Å². The van der Waals surface area contributed by atoms with Crippen molar-refractivity contribution < 1.29 is 18.0 Å². The third-order valence-corrected chi connectivity index (χ3v) is 7.55. The van der Waals surface area contributed by atoms with E-state index in [-0.39, 0.29) is 39.8 Å². The number of carbonyl (C=O) groups excluding carboxylic acids is 2. The van der Waals surface area contributed by atoms with Crippen LogP contribution < -0.4 is 10.0 Å². The molecule has 2 aromatic rings. The van der Waals surface area contributed by atoms with Gasteiger partial charge in [-0.1, -0.05) is 35.9 Å². The average molecular weight is 462 g/mol. The van der Waals surface area contributed by atoms with E-state index < -0.39 is 10.0 Å². The summed E-state index contributed by atoms with van der Waals surface area (Å²) in [6, 6.07) is 12.8. The van der Waals surface area contributed by atoms with Gasteiger partial charge >= 0.3 is 0 Å². The Hall–Kier alpha value is -2.84. The van der Waals surface area contributed by atoms with Crippen molar-refractivity contribution >= 4 is 39.1 Å². The van der Waals surface area contributed by atoms with Crippen molar-refractivity contribution in [3.63, 3.8) is 0 Å². The van der Waals surface area contributed by atoms with Gasteiger partial charge < -0.3 is 10.6 Å². The van der Waals surface area contributed by atoms with E-state index in [1.165, 1.54) is 28.6 Å². The zero-order valence-corrected chi connectivity index (χ0v) is 18.5. The minimum absolute atomic E-state index is 0.0222. The predicted octanol–water partition coefficient (Wildman–Crippen LogP) is 3.06. The first-order chi connectivity index (χ1) is 14.8. The number of hydrogen-bond donors (Lipinski definition) is 1. The van der Waals surface area contributed by atoms with Crippen LogP contribution >= 0.6 is 11.6 Å². The molecule has 0 aromatic heterocycles. The number of nitrogens with zero attached hydrogens (tertiary/aromatic N) is 2. The maximum absolute atomic E-state index is 13.4. The third-order valence-electron chi connectivity index (χ3n) is 5.27. The summed E-state index contributed by atoms with van der Waals surface area (Å²) in [5.74, 6) is -0.926. The monoisotopic (exact) mass is 461 g/mol. The zero-order valence-electron chi connectivity index (χ0n) is 16.9. The molecule has 1 saturated heterocycles. The highest BCUT2D eigenvalue weighted by Crippen LogP contribution is 2.30. The number of benzene rings is 2. The maximum Gasteiger partial charge on any atom is 0.266 e. The number of piperidine rings is 1. The Bertz CT molecular complexity index is 1080. The van der Waals surface area contributed by atoms with Crippen LogP contribution in [0.1, 0.15) is 23.2 Å². The zero-order chi connectivity index (χ0) is 22.6. The number of primary amides is 1. The highest BCUT2D eigenvalue weighted by atomic mass is 35.5. The smallest absolute Gasteiger partial charge is 0.266 e. The fraction of sp³-hybridized carbons (Fsp3) is 0.273. The van der Waals surface area contributed by atoms with Crippen molar-refractivity contribution in [1.29, 1.82) is 0 Å². The number of hydrogen-bond acceptors (Lipinski definition) is 4. The highest BCUT2D eigenvalue weighted by Gasteiger charge is 2.30. The van der Waals surface area contributed by atoms with Gasteiger partial charge in [0.15, 0.2) is 0 Å². The Kier molecular flexibility index (Phi) is 7.02. The summed E-state index contributed by atoms with van der Waals surface area (Å²) in [6.07, 6.45) is 2.46. The van der Waals surface area contributed by atoms with Gasteiger partial charge in [-0.2, -0.15) is 0 Å². The van der Waals surface area contributed by atoms with Gasteiger partial charge in [-0.3, -0.25) is 13.9 Å². The minimum Gasteiger partial charge on any atom is -0.369 e. The van der Waals surface area contributed by atoms with Gasteiger partial charge in [-0.15, -0.1) is 6.58 Å². The number of likely N-dealkylation sites (tertiary alicyclic amines) is 1. The van der Waals surface area contributed by atoms with Crippen LogP contribution in [0.15, 0.2) is 66.1 Å². The molecular formula is C22H24ClN3O4S. The second-order valence-electron chi connectivity index (χ2n) is 7.27. The first-order valence-electron chi connectivity index (χ1n) is 9.82. The second kappa shape index (κ2) is 9.53. The van der Waals surface area contributed by atoms with E-state index in [2.05, 4.69) is 6.58 Å². The van der Waals surface area contributed by atoms with Gasteiger partial charge in [-0.05, 0) is 43.2 Å². The summed E-state index contributed by atoms with van der Waals surface area (Å²) in [4.78, 5) is 25.8. The number of rotatable bonds is 7. The Balaban J connectivity index is 1.92. The van der Waals surface area contributed by atoms with Crippen LogP contribution in [0.2, 0.25) is 5.02 Å². The molecule has 1 aliphatic heterocycles. The van der Waals surface area contributed by atoms with Crippen molar-refractivity contribution in [2.24, 2.45) is 11.7 Å². The van der Waals surface area contributed by atoms with Crippen LogP contribution in [-0.4, -0.2) is 44.8 Å². The van der Waals surface area contributed by atoms with Crippen molar-refractivity contribution in [3.8, 4) is 0 Å². The second-order valence-corrected chi connectivity index (χ2v) is 9.51. The summed E-state index contributed by atoms with van der Waals surface area (Å²) in [6.45, 7) is 4.45. The summed E-state index contributed by atoms with van der Waals surface area (Å²) in [5.41, 5.74) is 6.03. The lowest BCUT2D eigenvalue weighted by molar-refractivity contribution is -0.123. The van der Waals surface area contributed by atoms with Gasteiger partial charge in [-0.25, -0.2) is 8.42 Å². The normalized spacial score (nSPS) is 14.8. The molecule has 0 bridgehead atoms. The molecule has 2 aromatic carbocycles. The molecule has 9 heteroatoms. The van der Waals surface area contributed by atoms with E-state index in [9.17, 15) is 18.0 Å². The fourth-order valence-electron chi connectivity index (χ4n) is 3.56. The molecule has 2 amide bonds. The summed E-state index contributed by atoms with van der Waals surface area (Å²) in [7, 11) is -4.06. The Morgan fingerprint density at radius 2 is 1.81 bits per heavy atom. The van der Waals surface area contributed by atoms with Gasteiger partial charge in [0.1, 0.15) is 4.90 Å². The van der Waals surface area contributed by atoms with Crippen LogP contribution in [0, 0.1) is 5.92 Å². The topological polar surface area (TPSA) is 101 Å². The van der Waals surface area contributed by atoms with Gasteiger partial charge in [0.2, 0.25) is 5.91 Å². The van der Waals surface area contributed by atoms with E-state index in [0.717, 1.165) is 0 Å². The van der Waals surface area contributed by atoms with E-state index in [1.54, 1.807) is 35.2 Å². The number of sulfonamides is 1. The molecule has 0 spiro atoms. The molecule has 2 N–H and O–H groups in total. The van der Waals surface area contributed by atoms with Crippen molar-refractivity contribution in [2.45, 2.75) is 17.7 Å². The lowest BCUT2D eigenvalue weighted by Crippen LogP contribution is -2.41. The SMILES string of the molecule is C=CCN(c1ccccc1)S(=O)(=O)c1cc(C(=O)N2CCC(C(N)=O)CC2)ccc1Cl. The molecule has 0 unspecified atom stereocenters. The predicted molar refractivity (Wildman–Crippen MR) is 120 cm³/mol. The molecule has 1 fully saturated rings. The quantitative estimate of drug-likeness (QED) is 0.640. The van der Waals surface area contributed by atoms with E-state index in [1.807, 2.05) is 0 Å². The number of amides is 2. The van der Waals surface area contributed by atoms with Gasteiger partial charge in [0, 0.05) is 24.6 Å². The Morgan fingerprint density at radius 1 is 1.16 bits per heavy atom. The molecule has 164 valence electrons. The highest BCUT2D eigenvalue weighted by molar-refractivity contribution is 7.93. The molecule has 0 aliphatic carbocycles. The molecule has 3 rings (SSSR count). The van der Waals surface area contributed by atoms with Crippen LogP contribution in [0.5, 0.6) is 0 Å². The molecule has 1 aliphatic rings. The van der Waals surface area contributed by atoms with Crippen molar-refractivity contribution in [2.75, 3.05) is 23.9 Å². The van der Waals surface area contributed by atoms with Crippen LogP contribution in [0.3, 0.4) is 0 Å². The fourth-order valence-corrected chi connectivity index (χ4v) is 5.50. The number of carbonyl (C=O) groups is 2. The number of halogens is 1. The Labute approximate surface area is 187 Å². The summed E-state index contributed by atoms with van der Waals surface area (Å²) in [5, 5.41) is 0.0222. The van der Waals surface area contributed by atoms with E-state index in [0.29, 0.717) is 31.6 Å². The Morgan fingerprint density at radius 3 is 2.39 bits per heavy atom.